The zero-order valence-electron chi connectivity index (χ0n) is 14.3. The van der Waals surface area contributed by atoms with E-state index in [0.29, 0.717) is 11.7 Å². The maximum absolute atomic E-state index is 12.8. The fourth-order valence-electron chi connectivity index (χ4n) is 3.54. The first-order valence-corrected chi connectivity index (χ1v) is 8.64. The van der Waals surface area contributed by atoms with E-state index in [1.54, 1.807) is 7.11 Å². The van der Waals surface area contributed by atoms with Crippen molar-refractivity contribution in [1.82, 2.24) is 4.98 Å². The summed E-state index contributed by atoms with van der Waals surface area (Å²) in [4.78, 5) is 17.3. The Morgan fingerprint density at radius 3 is 2.61 bits per heavy atom. The van der Waals surface area contributed by atoms with Crippen molar-refractivity contribution in [2.75, 3.05) is 7.11 Å². The number of ether oxygens (including phenoxy) is 1. The standard InChI is InChI=1S/C20H25NO2/c1-4-14-11-17-12-16(9-10-18(17)21-20(14)23-3)19(22)15-7-5-13(2)6-8-15/h9-13,15H,4-8H2,1-3H3. The maximum atomic E-state index is 12.8. The third-order valence-electron chi connectivity index (χ3n) is 5.10. The van der Waals surface area contributed by atoms with E-state index >= 15 is 0 Å². The Labute approximate surface area is 138 Å². The number of aryl methyl sites for hydroxylation is 1. The van der Waals surface area contributed by atoms with Crippen molar-refractivity contribution in [1.29, 1.82) is 0 Å². The number of rotatable bonds is 4. The molecular formula is C20H25NO2. The van der Waals surface area contributed by atoms with Crippen LogP contribution in [0, 0.1) is 11.8 Å². The van der Waals surface area contributed by atoms with Gasteiger partial charge in [-0.3, -0.25) is 4.79 Å². The number of nitrogens with zero attached hydrogens (tertiary/aromatic N) is 1. The van der Waals surface area contributed by atoms with Crippen LogP contribution in [0.4, 0.5) is 0 Å². The Morgan fingerprint density at radius 2 is 1.96 bits per heavy atom. The summed E-state index contributed by atoms with van der Waals surface area (Å²) in [5, 5.41) is 1.03. The monoisotopic (exact) mass is 311 g/mol. The predicted molar refractivity (Wildman–Crippen MR) is 93.1 cm³/mol. The van der Waals surface area contributed by atoms with Gasteiger partial charge in [-0.05, 0) is 49.4 Å². The number of hydrogen-bond acceptors (Lipinski definition) is 3. The van der Waals surface area contributed by atoms with E-state index in [1.807, 2.05) is 18.2 Å². The van der Waals surface area contributed by atoms with Gasteiger partial charge in [0.2, 0.25) is 5.88 Å². The van der Waals surface area contributed by atoms with Crippen LogP contribution in [0.1, 0.15) is 55.5 Å². The Hall–Kier alpha value is -1.90. The van der Waals surface area contributed by atoms with Crippen LogP contribution in [0.2, 0.25) is 0 Å². The molecule has 0 saturated heterocycles. The number of ketones is 1. The lowest BCUT2D eigenvalue weighted by atomic mass is 9.79. The number of Topliss-reactive ketones (excluding diaryl/α,β-unsaturated/α-hetero) is 1. The van der Waals surface area contributed by atoms with Gasteiger partial charge >= 0.3 is 0 Å². The van der Waals surface area contributed by atoms with Crippen LogP contribution in [-0.2, 0) is 6.42 Å². The summed E-state index contributed by atoms with van der Waals surface area (Å²) >= 11 is 0. The molecule has 1 aromatic heterocycles. The first-order valence-electron chi connectivity index (χ1n) is 8.64. The van der Waals surface area contributed by atoms with E-state index in [0.717, 1.165) is 47.2 Å². The van der Waals surface area contributed by atoms with Gasteiger partial charge in [0, 0.05) is 22.4 Å². The van der Waals surface area contributed by atoms with Crippen LogP contribution in [0.5, 0.6) is 5.88 Å². The average Bonchev–Trinajstić information content (AvgIpc) is 2.60. The molecule has 0 N–H and O–H groups in total. The Kier molecular flexibility index (Phi) is 4.65. The Morgan fingerprint density at radius 1 is 1.22 bits per heavy atom. The van der Waals surface area contributed by atoms with Crippen LogP contribution < -0.4 is 4.74 Å². The third-order valence-corrected chi connectivity index (χ3v) is 5.10. The Bertz CT molecular complexity index is 715. The van der Waals surface area contributed by atoms with Crippen molar-refractivity contribution < 1.29 is 9.53 Å². The first-order chi connectivity index (χ1) is 11.1. The minimum atomic E-state index is 0.195. The number of fused-ring (bicyclic) bond motifs is 1. The number of carbonyl (C=O) groups excluding carboxylic acids is 1. The summed E-state index contributed by atoms with van der Waals surface area (Å²) in [6.45, 7) is 4.37. The lowest BCUT2D eigenvalue weighted by Crippen LogP contribution is -2.20. The van der Waals surface area contributed by atoms with Crippen molar-refractivity contribution in [3.05, 3.63) is 35.4 Å². The molecule has 1 fully saturated rings. The SMILES string of the molecule is CCc1cc2cc(C(=O)C3CCC(C)CC3)ccc2nc1OC. The van der Waals surface area contributed by atoms with Crippen LogP contribution in [-0.4, -0.2) is 17.9 Å². The molecule has 3 nitrogen and oxygen atoms in total. The lowest BCUT2D eigenvalue weighted by molar-refractivity contribution is 0.0876. The van der Waals surface area contributed by atoms with Crippen molar-refractivity contribution in [3.63, 3.8) is 0 Å². The van der Waals surface area contributed by atoms with E-state index in [2.05, 4.69) is 24.9 Å². The van der Waals surface area contributed by atoms with Crippen molar-refractivity contribution in [2.24, 2.45) is 11.8 Å². The maximum Gasteiger partial charge on any atom is 0.216 e. The van der Waals surface area contributed by atoms with Crippen LogP contribution in [0.3, 0.4) is 0 Å². The summed E-state index contributed by atoms with van der Waals surface area (Å²) < 4.78 is 5.35. The molecule has 1 aromatic carbocycles. The van der Waals surface area contributed by atoms with E-state index in [4.69, 9.17) is 4.74 Å². The van der Waals surface area contributed by atoms with Crippen LogP contribution >= 0.6 is 0 Å². The largest absolute Gasteiger partial charge is 0.481 e. The molecule has 23 heavy (non-hydrogen) atoms. The molecule has 122 valence electrons. The minimum absolute atomic E-state index is 0.195. The molecule has 0 atom stereocenters. The molecule has 3 heteroatoms. The summed E-state index contributed by atoms with van der Waals surface area (Å²) in [5.74, 6) is 1.94. The molecule has 0 amide bonds. The predicted octanol–water partition coefficient (Wildman–Crippen LogP) is 4.81. The van der Waals surface area contributed by atoms with Gasteiger partial charge in [0.1, 0.15) is 0 Å². The summed E-state index contributed by atoms with van der Waals surface area (Å²) in [6.07, 6.45) is 5.26. The molecule has 1 saturated carbocycles. The zero-order chi connectivity index (χ0) is 16.4. The van der Waals surface area contributed by atoms with Gasteiger partial charge in [-0.1, -0.05) is 26.7 Å². The fraction of sp³-hybridized carbons (Fsp3) is 0.500. The molecule has 0 spiro atoms. The highest BCUT2D eigenvalue weighted by Gasteiger charge is 2.25. The lowest BCUT2D eigenvalue weighted by Gasteiger charge is -2.25. The second-order valence-electron chi connectivity index (χ2n) is 6.74. The number of carbonyl (C=O) groups is 1. The van der Waals surface area contributed by atoms with Gasteiger partial charge in [0.25, 0.3) is 0 Å². The van der Waals surface area contributed by atoms with Gasteiger partial charge in [-0.15, -0.1) is 0 Å². The van der Waals surface area contributed by atoms with E-state index in [1.165, 1.54) is 12.8 Å². The van der Waals surface area contributed by atoms with Crippen molar-refractivity contribution in [2.45, 2.75) is 46.0 Å². The molecule has 0 aliphatic heterocycles. The second-order valence-corrected chi connectivity index (χ2v) is 6.74. The van der Waals surface area contributed by atoms with Crippen molar-refractivity contribution >= 4 is 16.7 Å². The van der Waals surface area contributed by atoms with Gasteiger partial charge in [0.15, 0.2) is 5.78 Å². The number of aromatic nitrogens is 1. The number of methoxy groups -OCH3 is 1. The average molecular weight is 311 g/mol. The van der Waals surface area contributed by atoms with Gasteiger partial charge < -0.3 is 4.74 Å². The number of benzene rings is 1. The number of pyridine rings is 1. The highest BCUT2D eigenvalue weighted by Crippen LogP contribution is 2.31. The van der Waals surface area contributed by atoms with Gasteiger partial charge in [-0.25, -0.2) is 4.98 Å². The normalized spacial score (nSPS) is 21.3. The smallest absolute Gasteiger partial charge is 0.216 e. The van der Waals surface area contributed by atoms with Crippen LogP contribution in [0.25, 0.3) is 10.9 Å². The first kappa shape index (κ1) is 16.0. The summed E-state index contributed by atoms with van der Waals surface area (Å²) in [7, 11) is 1.65. The molecule has 0 unspecified atom stereocenters. The van der Waals surface area contributed by atoms with Gasteiger partial charge in [-0.2, -0.15) is 0 Å². The molecule has 1 aliphatic carbocycles. The third kappa shape index (κ3) is 3.24. The highest BCUT2D eigenvalue weighted by molar-refractivity contribution is 6.01. The van der Waals surface area contributed by atoms with E-state index in [9.17, 15) is 4.79 Å². The summed E-state index contributed by atoms with van der Waals surface area (Å²) in [6, 6.07) is 7.96. The second kappa shape index (κ2) is 6.69. The molecule has 1 aliphatic rings. The molecular weight excluding hydrogens is 286 g/mol. The molecule has 0 bridgehead atoms. The highest BCUT2D eigenvalue weighted by atomic mass is 16.5. The van der Waals surface area contributed by atoms with E-state index in [-0.39, 0.29) is 5.92 Å². The quantitative estimate of drug-likeness (QED) is 0.760. The zero-order valence-corrected chi connectivity index (χ0v) is 14.3. The molecule has 3 rings (SSSR count). The number of hydrogen-bond donors (Lipinski definition) is 0. The van der Waals surface area contributed by atoms with Crippen molar-refractivity contribution in [3.8, 4) is 5.88 Å². The fourth-order valence-corrected chi connectivity index (χ4v) is 3.54. The van der Waals surface area contributed by atoms with E-state index < -0.39 is 0 Å². The minimum Gasteiger partial charge on any atom is -0.481 e. The topological polar surface area (TPSA) is 39.2 Å². The molecule has 2 aromatic rings. The molecule has 1 heterocycles. The summed E-state index contributed by atoms with van der Waals surface area (Å²) in [5.41, 5.74) is 2.79. The van der Waals surface area contributed by atoms with Crippen LogP contribution in [0.15, 0.2) is 24.3 Å². The Balaban J connectivity index is 1.91. The van der Waals surface area contributed by atoms with Gasteiger partial charge in [0.05, 0.1) is 12.6 Å². The molecule has 0 radical (unpaired) electrons.